The highest BCUT2D eigenvalue weighted by Gasteiger charge is 1.89. The summed E-state index contributed by atoms with van der Waals surface area (Å²) < 4.78 is 0. The monoisotopic (exact) mass is 204 g/mol. The Morgan fingerprint density at radius 3 is 2.93 bits per heavy atom. The van der Waals surface area contributed by atoms with Crippen LogP contribution in [-0.4, -0.2) is 12.8 Å². The van der Waals surface area contributed by atoms with Gasteiger partial charge in [0, 0.05) is 5.56 Å². The summed E-state index contributed by atoms with van der Waals surface area (Å²) >= 11 is 0. The number of hydrogen-bond donors (Lipinski definition) is 0. The molecule has 0 unspecified atom stereocenters. The van der Waals surface area contributed by atoms with E-state index >= 15 is 0 Å². The van der Waals surface area contributed by atoms with Crippen molar-refractivity contribution in [1.82, 2.24) is 0 Å². The summed E-state index contributed by atoms with van der Waals surface area (Å²) in [6, 6.07) is 8.03. The van der Waals surface area contributed by atoms with Crippen LogP contribution < -0.4 is 0 Å². The number of rotatable bonds is 6. The number of aryl methyl sites for hydroxylation is 1. The minimum atomic E-state index is 0.687. The van der Waals surface area contributed by atoms with Crippen LogP contribution in [0.5, 0.6) is 0 Å². The molecule has 0 bridgehead atoms. The minimum absolute atomic E-state index is 0.687. The van der Waals surface area contributed by atoms with Crippen molar-refractivity contribution in [3.63, 3.8) is 0 Å². The molecule has 1 aromatic rings. The van der Waals surface area contributed by atoms with E-state index in [0.717, 1.165) is 12.0 Å². The van der Waals surface area contributed by atoms with Crippen LogP contribution in [0.4, 0.5) is 0 Å². The average molecular weight is 204 g/mol. The Balaban J connectivity index is 2.26. The van der Waals surface area contributed by atoms with Gasteiger partial charge in [-0.25, -0.2) is 0 Å². The fraction of sp³-hybridized carbons (Fsp3) is 0.462. The normalized spacial score (nSPS) is 10.8. The van der Waals surface area contributed by atoms with Gasteiger partial charge in [0.15, 0.2) is 0 Å². The van der Waals surface area contributed by atoms with Gasteiger partial charge >= 0.3 is 0 Å². The third-order valence-electron chi connectivity index (χ3n) is 2.10. The number of hydrogen-bond acceptors (Lipinski definition) is 2. The van der Waals surface area contributed by atoms with Crippen molar-refractivity contribution in [3.05, 3.63) is 35.4 Å². The Kier molecular flexibility index (Phi) is 5.52. The van der Waals surface area contributed by atoms with Crippen LogP contribution in [0.25, 0.3) is 0 Å². The highest BCUT2D eigenvalue weighted by molar-refractivity contribution is 5.79. The van der Waals surface area contributed by atoms with E-state index in [-0.39, 0.29) is 0 Å². The van der Waals surface area contributed by atoms with Crippen LogP contribution in [0.15, 0.2) is 29.4 Å². The lowest BCUT2D eigenvalue weighted by Gasteiger charge is -1.97. The molecule has 0 fully saturated rings. The molecule has 0 saturated heterocycles. The van der Waals surface area contributed by atoms with E-state index in [1.807, 2.05) is 31.2 Å². The van der Waals surface area contributed by atoms with Gasteiger partial charge in [0.25, 0.3) is 0 Å². The third kappa shape index (κ3) is 5.21. The highest BCUT2D eigenvalue weighted by Crippen LogP contribution is 2.01. The number of benzene rings is 1. The molecule has 2 heteroatoms. The topological polar surface area (TPSA) is 21.6 Å². The number of nitrogens with zero attached hydrogens (tertiary/aromatic N) is 1. The molecule has 0 N–H and O–H groups in total. The Labute approximate surface area is 91.9 Å². The minimum Gasteiger partial charge on any atom is -0.395 e. The van der Waals surface area contributed by atoms with E-state index in [9.17, 15) is 0 Å². The zero-order chi connectivity index (χ0) is 10.9. The lowest BCUT2D eigenvalue weighted by Crippen LogP contribution is -1.89. The predicted molar refractivity (Wildman–Crippen MR) is 63.2 cm³/mol. The quantitative estimate of drug-likeness (QED) is 0.395. The summed E-state index contributed by atoms with van der Waals surface area (Å²) in [5, 5.41) is 3.80. The lowest BCUT2D eigenvalue weighted by atomic mass is 10.2. The van der Waals surface area contributed by atoms with Gasteiger partial charge in [-0.05, 0) is 19.4 Å². The maximum Gasteiger partial charge on any atom is 0.139 e. The van der Waals surface area contributed by atoms with Gasteiger partial charge in [-0.15, -0.1) is 0 Å². The van der Waals surface area contributed by atoms with Crippen LogP contribution in [-0.2, 0) is 4.84 Å². The van der Waals surface area contributed by atoms with E-state index in [2.05, 4.69) is 18.3 Å². The van der Waals surface area contributed by atoms with Crippen LogP contribution in [0.3, 0.4) is 0 Å². The van der Waals surface area contributed by atoms with Gasteiger partial charge < -0.3 is 4.84 Å². The Hall–Kier alpha value is -1.31. The lowest BCUT2D eigenvalue weighted by molar-refractivity contribution is 0.141. The summed E-state index contributed by atoms with van der Waals surface area (Å²) in [7, 11) is 0. The molecule has 0 heterocycles. The molecule has 1 radical (unpaired) electrons. The Morgan fingerprint density at radius 2 is 2.20 bits per heavy atom. The zero-order valence-corrected chi connectivity index (χ0v) is 9.49. The van der Waals surface area contributed by atoms with Crippen LogP contribution in [0.2, 0.25) is 0 Å². The molecule has 0 aliphatic carbocycles. The van der Waals surface area contributed by atoms with E-state index in [1.165, 1.54) is 18.4 Å². The maximum atomic E-state index is 5.09. The molecule has 1 rings (SSSR count). The first-order chi connectivity index (χ1) is 7.33. The smallest absolute Gasteiger partial charge is 0.139 e. The van der Waals surface area contributed by atoms with E-state index < -0.39 is 0 Å². The molecule has 0 aliphatic heterocycles. The van der Waals surface area contributed by atoms with E-state index in [1.54, 1.807) is 0 Å². The molecule has 81 valence electrons. The average Bonchev–Trinajstić information content (AvgIpc) is 2.23. The first-order valence-corrected chi connectivity index (χ1v) is 5.47. The molecule has 1 aromatic carbocycles. The summed E-state index contributed by atoms with van der Waals surface area (Å²) in [4.78, 5) is 5.09. The Morgan fingerprint density at radius 1 is 1.33 bits per heavy atom. The molecule has 0 amide bonds. The van der Waals surface area contributed by atoms with Crippen molar-refractivity contribution in [2.45, 2.75) is 33.1 Å². The molecule has 2 nitrogen and oxygen atoms in total. The molecular formula is C13H18NO. The van der Waals surface area contributed by atoms with Crippen LogP contribution in [0.1, 0.15) is 37.3 Å². The maximum absolute atomic E-state index is 5.09. The Bertz CT molecular complexity index is 307. The molecule has 0 atom stereocenters. The predicted octanol–water partition coefficient (Wildman–Crippen LogP) is 3.41. The summed E-state index contributed by atoms with van der Waals surface area (Å²) in [6.07, 6.45) is 6.33. The number of unbranched alkanes of at least 4 members (excludes halogenated alkanes) is 2. The zero-order valence-electron chi connectivity index (χ0n) is 9.49. The van der Waals surface area contributed by atoms with Crippen molar-refractivity contribution in [2.24, 2.45) is 5.16 Å². The van der Waals surface area contributed by atoms with E-state index in [4.69, 9.17) is 4.84 Å². The second kappa shape index (κ2) is 7.04. The molecule has 0 saturated carbocycles. The fourth-order valence-electron chi connectivity index (χ4n) is 1.26. The van der Waals surface area contributed by atoms with Crippen molar-refractivity contribution in [2.75, 3.05) is 6.61 Å². The van der Waals surface area contributed by atoms with Gasteiger partial charge in [0.2, 0.25) is 0 Å². The SMILES string of the molecule is CCCCCO/N=[C]/c1cccc(C)c1. The first-order valence-electron chi connectivity index (χ1n) is 5.47. The first kappa shape index (κ1) is 11.8. The molecular weight excluding hydrogens is 186 g/mol. The van der Waals surface area contributed by atoms with Crippen molar-refractivity contribution >= 4 is 6.21 Å². The fourth-order valence-corrected chi connectivity index (χ4v) is 1.26. The van der Waals surface area contributed by atoms with Gasteiger partial charge in [0.1, 0.15) is 12.8 Å². The second-order valence-corrected chi connectivity index (χ2v) is 3.61. The summed E-state index contributed by atoms with van der Waals surface area (Å²) in [5.41, 5.74) is 2.17. The van der Waals surface area contributed by atoms with Crippen molar-refractivity contribution < 1.29 is 4.84 Å². The molecule has 0 spiro atoms. The van der Waals surface area contributed by atoms with Gasteiger partial charge in [-0.3, -0.25) is 0 Å². The van der Waals surface area contributed by atoms with Gasteiger partial charge in [-0.1, -0.05) is 48.7 Å². The largest absolute Gasteiger partial charge is 0.395 e. The third-order valence-corrected chi connectivity index (χ3v) is 2.10. The summed E-state index contributed by atoms with van der Waals surface area (Å²) in [6.45, 7) is 4.90. The van der Waals surface area contributed by atoms with Crippen LogP contribution in [0, 0.1) is 6.92 Å². The van der Waals surface area contributed by atoms with Crippen LogP contribution >= 0.6 is 0 Å². The van der Waals surface area contributed by atoms with Gasteiger partial charge in [-0.2, -0.15) is 0 Å². The van der Waals surface area contributed by atoms with Crippen molar-refractivity contribution in [3.8, 4) is 0 Å². The van der Waals surface area contributed by atoms with Gasteiger partial charge in [0.05, 0.1) is 0 Å². The van der Waals surface area contributed by atoms with Crippen molar-refractivity contribution in [1.29, 1.82) is 0 Å². The summed E-state index contributed by atoms with van der Waals surface area (Å²) in [5.74, 6) is 0. The molecule has 0 aromatic heterocycles. The highest BCUT2D eigenvalue weighted by atomic mass is 16.6. The second-order valence-electron chi connectivity index (χ2n) is 3.61. The molecule has 0 aliphatic rings. The molecule has 15 heavy (non-hydrogen) atoms. The standard InChI is InChI=1S/C13H18NO/c1-3-4-5-9-15-14-11-13-8-6-7-12(2)10-13/h6-8,10H,3-5,9H2,1-2H3. The van der Waals surface area contributed by atoms with E-state index in [0.29, 0.717) is 6.61 Å².